The van der Waals surface area contributed by atoms with Crippen LogP contribution < -0.4 is 10.2 Å². The normalized spacial score (nSPS) is 12.6. The van der Waals surface area contributed by atoms with Gasteiger partial charge in [0.1, 0.15) is 5.75 Å². The Hall–Kier alpha value is -3.66. The predicted molar refractivity (Wildman–Crippen MR) is 119 cm³/mol. The van der Waals surface area contributed by atoms with Gasteiger partial charge < -0.3 is 4.74 Å². The Labute approximate surface area is 171 Å². The molecule has 0 aromatic heterocycles. The second-order valence-corrected chi connectivity index (χ2v) is 6.68. The van der Waals surface area contributed by atoms with Crippen molar-refractivity contribution in [3.63, 3.8) is 0 Å². The standard InChI is InChI=1S/C25H24N2O2/c1-19(17-21-9-5-3-6-10-21)18-26-27-25(28)20(2)29-24-15-13-23(14-16-24)22-11-7-4-8-12-22/h3-18,20H,1-2H3,(H,27,28)/b19-17-,26-18-/t20-/m1/s1. The summed E-state index contributed by atoms with van der Waals surface area (Å²) in [7, 11) is 0. The van der Waals surface area contributed by atoms with Crippen LogP contribution in [0.4, 0.5) is 0 Å². The van der Waals surface area contributed by atoms with Crippen molar-refractivity contribution in [2.24, 2.45) is 5.10 Å². The van der Waals surface area contributed by atoms with Crippen molar-refractivity contribution in [3.05, 3.63) is 96.1 Å². The zero-order valence-corrected chi connectivity index (χ0v) is 16.6. The summed E-state index contributed by atoms with van der Waals surface area (Å²) >= 11 is 0. The first-order valence-electron chi connectivity index (χ1n) is 9.50. The molecule has 1 atom stereocenters. The lowest BCUT2D eigenvalue weighted by atomic mass is 10.1. The number of allylic oxidation sites excluding steroid dienone is 1. The molecule has 0 aliphatic carbocycles. The number of amides is 1. The molecule has 3 aromatic carbocycles. The predicted octanol–water partition coefficient (Wildman–Crippen LogP) is 5.33. The van der Waals surface area contributed by atoms with E-state index >= 15 is 0 Å². The number of rotatable bonds is 7. The molecule has 0 radical (unpaired) electrons. The Balaban J connectivity index is 1.52. The van der Waals surface area contributed by atoms with Crippen molar-refractivity contribution >= 4 is 18.2 Å². The van der Waals surface area contributed by atoms with E-state index in [9.17, 15) is 4.79 Å². The molecular weight excluding hydrogens is 360 g/mol. The van der Waals surface area contributed by atoms with Crippen LogP contribution >= 0.6 is 0 Å². The van der Waals surface area contributed by atoms with Gasteiger partial charge in [0.05, 0.1) is 6.21 Å². The third-order valence-electron chi connectivity index (χ3n) is 4.28. The molecule has 3 rings (SSSR count). The Morgan fingerprint density at radius 1 is 0.897 bits per heavy atom. The molecule has 29 heavy (non-hydrogen) atoms. The van der Waals surface area contributed by atoms with Gasteiger partial charge in [0, 0.05) is 0 Å². The smallest absolute Gasteiger partial charge is 0.280 e. The number of nitrogens with zero attached hydrogens (tertiary/aromatic N) is 1. The highest BCUT2D eigenvalue weighted by Crippen LogP contribution is 2.22. The summed E-state index contributed by atoms with van der Waals surface area (Å²) in [5, 5.41) is 4.01. The van der Waals surface area contributed by atoms with Gasteiger partial charge in [0.2, 0.25) is 0 Å². The molecule has 0 saturated heterocycles. The summed E-state index contributed by atoms with van der Waals surface area (Å²) in [6, 6.07) is 27.7. The molecule has 0 aliphatic heterocycles. The van der Waals surface area contributed by atoms with E-state index < -0.39 is 6.10 Å². The summed E-state index contributed by atoms with van der Waals surface area (Å²) in [5.41, 5.74) is 6.77. The number of hydrogen-bond acceptors (Lipinski definition) is 3. The average Bonchev–Trinajstić information content (AvgIpc) is 2.75. The number of ether oxygens (including phenoxy) is 1. The van der Waals surface area contributed by atoms with Crippen LogP contribution in [-0.4, -0.2) is 18.2 Å². The Morgan fingerprint density at radius 3 is 2.14 bits per heavy atom. The van der Waals surface area contributed by atoms with Gasteiger partial charge in [-0.1, -0.05) is 78.9 Å². The Morgan fingerprint density at radius 2 is 1.48 bits per heavy atom. The minimum atomic E-state index is -0.659. The molecule has 4 nitrogen and oxygen atoms in total. The van der Waals surface area contributed by atoms with E-state index in [-0.39, 0.29) is 5.91 Å². The van der Waals surface area contributed by atoms with E-state index in [4.69, 9.17) is 4.74 Å². The first-order valence-corrected chi connectivity index (χ1v) is 9.50. The maximum atomic E-state index is 12.2. The number of carbonyl (C=O) groups excluding carboxylic acids is 1. The van der Waals surface area contributed by atoms with Gasteiger partial charge in [-0.2, -0.15) is 5.10 Å². The fraction of sp³-hybridized carbons (Fsp3) is 0.120. The molecule has 3 aromatic rings. The quantitative estimate of drug-likeness (QED) is 0.442. The molecule has 0 fully saturated rings. The lowest BCUT2D eigenvalue weighted by Gasteiger charge is -2.13. The lowest BCUT2D eigenvalue weighted by Crippen LogP contribution is -2.33. The van der Waals surface area contributed by atoms with Crippen LogP contribution in [0.1, 0.15) is 19.4 Å². The summed E-state index contributed by atoms with van der Waals surface area (Å²) in [6.07, 6.45) is 2.95. The van der Waals surface area contributed by atoms with E-state index in [0.717, 1.165) is 22.3 Å². The van der Waals surface area contributed by atoms with Gasteiger partial charge in [0.15, 0.2) is 6.10 Å². The van der Waals surface area contributed by atoms with Crippen LogP contribution in [0, 0.1) is 0 Å². The van der Waals surface area contributed by atoms with Gasteiger partial charge in [-0.25, -0.2) is 5.43 Å². The molecule has 0 heterocycles. The highest BCUT2D eigenvalue weighted by Gasteiger charge is 2.13. The number of carbonyl (C=O) groups is 1. The average molecular weight is 384 g/mol. The number of nitrogens with one attached hydrogen (secondary N) is 1. The SMILES string of the molecule is CC(/C=N\NC(=O)[C@@H](C)Oc1ccc(-c2ccccc2)cc1)=C/c1ccccc1. The zero-order chi connectivity index (χ0) is 20.5. The first-order chi connectivity index (χ1) is 14.1. The van der Waals surface area contributed by atoms with E-state index in [1.54, 1.807) is 13.1 Å². The van der Waals surface area contributed by atoms with Gasteiger partial charge in [0.25, 0.3) is 5.91 Å². The largest absolute Gasteiger partial charge is 0.481 e. The molecule has 1 N–H and O–H groups in total. The summed E-state index contributed by atoms with van der Waals surface area (Å²) in [6.45, 7) is 3.62. The second kappa shape index (κ2) is 10.0. The lowest BCUT2D eigenvalue weighted by molar-refractivity contribution is -0.127. The molecule has 0 spiro atoms. The third kappa shape index (κ3) is 6.18. The second-order valence-electron chi connectivity index (χ2n) is 6.68. The van der Waals surface area contributed by atoms with Crippen molar-refractivity contribution in [1.82, 2.24) is 5.43 Å². The van der Waals surface area contributed by atoms with Gasteiger partial charge in [-0.05, 0) is 48.2 Å². The van der Waals surface area contributed by atoms with Crippen molar-refractivity contribution < 1.29 is 9.53 Å². The molecule has 0 bridgehead atoms. The van der Waals surface area contributed by atoms with E-state index in [1.807, 2.05) is 85.8 Å². The van der Waals surface area contributed by atoms with Crippen LogP contribution in [-0.2, 0) is 4.79 Å². The van der Waals surface area contributed by atoms with Crippen LogP contribution in [0.25, 0.3) is 17.2 Å². The highest BCUT2D eigenvalue weighted by molar-refractivity contribution is 5.87. The fourth-order valence-electron chi connectivity index (χ4n) is 2.75. The topological polar surface area (TPSA) is 50.7 Å². The maximum Gasteiger partial charge on any atom is 0.280 e. The molecular formula is C25H24N2O2. The number of hydrogen-bond donors (Lipinski definition) is 1. The molecule has 0 saturated carbocycles. The molecule has 0 aliphatic rings. The van der Waals surface area contributed by atoms with E-state index in [1.165, 1.54) is 0 Å². The highest BCUT2D eigenvalue weighted by atomic mass is 16.5. The minimum absolute atomic E-state index is 0.305. The molecule has 0 unspecified atom stereocenters. The van der Waals surface area contributed by atoms with Gasteiger partial charge in [-0.15, -0.1) is 0 Å². The molecule has 4 heteroatoms. The van der Waals surface area contributed by atoms with Crippen LogP contribution in [0.15, 0.2) is 95.6 Å². The van der Waals surface area contributed by atoms with Crippen LogP contribution in [0.5, 0.6) is 5.75 Å². The van der Waals surface area contributed by atoms with Crippen molar-refractivity contribution in [3.8, 4) is 16.9 Å². The van der Waals surface area contributed by atoms with E-state index in [2.05, 4.69) is 22.7 Å². The number of benzene rings is 3. The third-order valence-corrected chi connectivity index (χ3v) is 4.28. The van der Waals surface area contributed by atoms with E-state index in [0.29, 0.717) is 5.75 Å². The first kappa shape index (κ1) is 20.1. The van der Waals surface area contributed by atoms with Crippen molar-refractivity contribution in [2.75, 3.05) is 0 Å². The summed E-state index contributed by atoms with van der Waals surface area (Å²) in [5.74, 6) is 0.331. The van der Waals surface area contributed by atoms with Crippen molar-refractivity contribution in [2.45, 2.75) is 20.0 Å². The minimum Gasteiger partial charge on any atom is -0.481 e. The maximum absolute atomic E-state index is 12.2. The zero-order valence-electron chi connectivity index (χ0n) is 16.6. The van der Waals surface area contributed by atoms with Crippen LogP contribution in [0.2, 0.25) is 0 Å². The Kier molecular flexibility index (Phi) is 6.95. The fourth-order valence-corrected chi connectivity index (χ4v) is 2.75. The van der Waals surface area contributed by atoms with Crippen LogP contribution in [0.3, 0.4) is 0 Å². The Bertz CT molecular complexity index is 978. The van der Waals surface area contributed by atoms with Gasteiger partial charge in [-0.3, -0.25) is 4.79 Å². The van der Waals surface area contributed by atoms with Crippen molar-refractivity contribution in [1.29, 1.82) is 0 Å². The number of hydrazone groups is 1. The van der Waals surface area contributed by atoms with Gasteiger partial charge >= 0.3 is 0 Å². The summed E-state index contributed by atoms with van der Waals surface area (Å²) < 4.78 is 5.72. The monoisotopic (exact) mass is 384 g/mol. The molecule has 146 valence electrons. The summed E-state index contributed by atoms with van der Waals surface area (Å²) in [4.78, 5) is 12.2. The molecule has 1 amide bonds.